The smallest absolute Gasteiger partial charge is 0.220 e. The molecule has 1 saturated heterocycles. The second kappa shape index (κ2) is 7.74. The normalized spacial score (nSPS) is 23.2. The van der Waals surface area contributed by atoms with Crippen molar-refractivity contribution in [2.45, 2.75) is 63.5 Å². The number of amides is 1. The predicted octanol–water partition coefficient (Wildman–Crippen LogP) is 1.59. The number of carbonyl (C=O) groups excluding carboxylic acids is 1. The zero-order valence-electron chi connectivity index (χ0n) is 11.2. The van der Waals surface area contributed by atoms with Gasteiger partial charge in [-0.1, -0.05) is 0 Å². The van der Waals surface area contributed by atoms with Crippen LogP contribution in [0.25, 0.3) is 0 Å². The van der Waals surface area contributed by atoms with E-state index >= 15 is 0 Å². The van der Waals surface area contributed by atoms with Crippen LogP contribution in [0.4, 0.5) is 0 Å². The molecule has 1 heterocycles. The molecule has 0 aromatic heterocycles. The lowest BCUT2D eigenvalue weighted by molar-refractivity contribution is -0.121. The van der Waals surface area contributed by atoms with Gasteiger partial charge < -0.3 is 15.4 Å². The number of carbonyl (C=O) groups is 1. The molecule has 2 N–H and O–H groups in total. The SMILES string of the molecule is O=C(CCCNCCCC1CCCO1)NC1CC1. The summed E-state index contributed by atoms with van der Waals surface area (Å²) in [5.41, 5.74) is 0. The van der Waals surface area contributed by atoms with Crippen molar-refractivity contribution in [3.63, 3.8) is 0 Å². The third kappa shape index (κ3) is 5.83. The van der Waals surface area contributed by atoms with Crippen molar-refractivity contribution in [1.29, 1.82) is 0 Å². The first-order chi connectivity index (χ1) is 8.84. The summed E-state index contributed by atoms with van der Waals surface area (Å²) in [6.07, 6.45) is 9.29. The lowest BCUT2D eigenvalue weighted by Gasteiger charge is -2.09. The first kappa shape index (κ1) is 13.8. The predicted molar refractivity (Wildman–Crippen MR) is 71.5 cm³/mol. The van der Waals surface area contributed by atoms with Gasteiger partial charge in [0.15, 0.2) is 0 Å². The van der Waals surface area contributed by atoms with Crippen LogP contribution in [-0.4, -0.2) is 37.7 Å². The minimum atomic E-state index is 0.221. The van der Waals surface area contributed by atoms with Gasteiger partial charge in [-0.05, 0) is 58.0 Å². The first-order valence-corrected chi connectivity index (χ1v) is 7.46. The van der Waals surface area contributed by atoms with Crippen LogP contribution in [0.3, 0.4) is 0 Å². The zero-order chi connectivity index (χ0) is 12.6. The van der Waals surface area contributed by atoms with E-state index in [1.165, 1.54) is 38.5 Å². The molecule has 0 aromatic rings. The third-order valence-electron chi connectivity index (χ3n) is 3.60. The maximum Gasteiger partial charge on any atom is 0.220 e. The Hall–Kier alpha value is -0.610. The molecule has 18 heavy (non-hydrogen) atoms. The molecule has 2 rings (SSSR count). The molecule has 0 bridgehead atoms. The van der Waals surface area contributed by atoms with Crippen LogP contribution < -0.4 is 10.6 Å². The molecular weight excluding hydrogens is 228 g/mol. The Labute approximate surface area is 110 Å². The highest BCUT2D eigenvalue weighted by Gasteiger charge is 2.22. The first-order valence-electron chi connectivity index (χ1n) is 7.46. The molecule has 1 atom stereocenters. The lowest BCUT2D eigenvalue weighted by atomic mass is 10.1. The van der Waals surface area contributed by atoms with Gasteiger partial charge in [0.2, 0.25) is 5.91 Å². The van der Waals surface area contributed by atoms with E-state index in [0.717, 1.165) is 26.1 Å². The molecule has 104 valence electrons. The van der Waals surface area contributed by atoms with Crippen LogP contribution >= 0.6 is 0 Å². The summed E-state index contributed by atoms with van der Waals surface area (Å²) < 4.78 is 5.57. The molecule has 0 radical (unpaired) electrons. The van der Waals surface area contributed by atoms with Gasteiger partial charge in [-0.25, -0.2) is 0 Å². The van der Waals surface area contributed by atoms with E-state index in [2.05, 4.69) is 10.6 Å². The Balaban J connectivity index is 1.33. The molecule has 1 unspecified atom stereocenters. The third-order valence-corrected chi connectivity index (χ3v) is 3.60. The van der Waals surface area contributed by atoms with Crippen molar-refractivity contribution in [3.8, 4) is 0 Å². The highest BCUT2D eigenvalue weighted by molar-refractivity contribution is 5.76. The van der Waals surface area contributed by atoms with Crippen molar-refractivity contribution in [3.05, 3.63) is 0 Å². The number of ether oxygens (including phenoxy) is 1. The average Bonchev–Trinajstić information content (AvgIpc) is 3.01. The highest BCUT2D eigenvalue weighted by Crippen LogP contribution is 2.18. The topological polar surface area (TPSA) is 50.4 Å². The van der Waals surface area contributed by atoms with E-state index in [1.54, 1.807) is 0 Å². The molecular formula is C14H26N2O2. The molecule has 1 aliphatic carbocycles. The molecule has 0 aromatic carbocycles. The average molecular weight is 254 g/mol. The van der Waals surface area contributed by atoms with E-state index in [4.69, 9.17) is 4.74 Å². The fourth-order valence-electron chi connectivity index (χ4n) is 2.35. The van der Waals surface area contributed by atoms with Crippen molar-refractivity contribution < 1.29 is 9.53 Å². The molecule has 1 aliphatic heterocycles. The van der Waals surface area contributed by atoms with Crippen LogP contribution in [0, 0.1) is 0 Å². The Morgan fingerprint density at radius 2 is 2.00 bits per heavy atom. The van der Waals surface area contributed by atoms with Crippen LogP contribution in [0.1, 0.15) is 51.4 Å². The fourth-order valence-corrected chi connectivity index (χ4v) is 2.35. The van der Waals surface area contributed by atoms with Gasteiger partial charge in [0, 0.05) is 19.1 Å². The van der Waals surface area contributed by atoms with E-state index in [0.29, 0.717) is 18.6 Å². The van der Waals surface area contributed by atoms with Crippen LogP contribution in [0.2, 0.25) is 0 Å². The minimum absolute atomic E-state index is 0.221. The van der Waals surface area contributed by atoms with Crippen molar-refractivity contribution in [2.24, 2.45) is 0 Å². The van der Waals surface area contributed by atoms with Crippen molar-refractivity contribution in [2.75, 3.05) is 19.7 Å². The molecule has 2 fully saturated rings. The van der Waals surface area contributed by atoms with Gasteiger partial charge in [-0.3, -0.25) is 4.79 Å². The number of nitrogens with one attached hydrogen (secondary N) is 2. The highest BCUT2D eigenvalue weighted by atomic mass is 16.5. The standard InChI is InChI=1S/C14H26N2O2/c17-14(16-12-7-8-12)6-2-10-15-9-1-4-13-5-3-11-18-13/h12-13,15H,1-11H2,(H,16,17). The summed E-state index contributed by atoms with van der Waals surface area (Å²) in [5, 5.41) is 6.41. The van der Waals surface area contributed by atoms with Crippen LogP contribution in [0.5, 0.6) is 0 Å². The molecule has 1 amide bonds. The lowest BCUT2D eigenvalue weighted by Crippen LogP contribution is -2.26. The molecule has 1 saturated carbocycles. The van der Waals surface area contributed by atoms with E-state index in [-0.39, 0.29) is 5.91 Å². The Morgan fingerprint density at radius 3 is 2.72 bits per heavy atom. The van der Waals surface area contributed by atoms with E-state index in [9.17, 15) is 4.79 Å². The van der Waals surface area contributed by atoms with Gasteiger partial charge >= 0.3 is 0 Å². The zero-order valence-corrected chi connectivity index (χ0v) is 11.2. The van der Waals surface area contributed by atoms with Gasteiger partial charge in [0.05, 0.1) is 6.10 Å². The van der Waals surface area contributed by atoms with Crippen LogP contribution in [0.15, 0.2) is 0 Å². The monoisotopic (exact) mass is 254 g/mol. The van der Waals surface area contributed by atoms with E-state index in [1.807, 2.05) is 0 Å². The van der Waals surface area contributed by atoms with Gasteiger partial charge in [-0.2, -0.15) is 0 Å². The molecule has 4 heteroatoms. The summed E-state index contributed by atoms with van der Waals surface area (Å²) in [4.78, 5) is 11.4. The summed E-state index contributed by atoms with van der Waals surface area (Å²) >= 11 is 0. The number of hydrogen-bond acceptors (Lipinski definition) is 3. The quantitative estimate of drug-likeness (QED) is 0.614. The second-order valence-electron chi connectivity index (χ2n) is 5.47. The van der Waals surface area contributed by atoms with Crippen LogP contribution in [-0.2, 0) is 9.53 Å². The number of hydrogen-bond donors (Lipinski definition) is 2. The van der Waals surface area contributed by atoms with Gasteiger partial charge in [-0.15, -0.1) is 0 Å². The van der Waals surface area contributed by atoms with Gasteiger partial charge in [0.25, 0.3) is 0 Å². The van der Waals surface area contributed by atoms with Gasteiger partial charge in [0.1, 0.15) is 0 Å². The maximum absolute atomic E-state index is 11.4. The fraction of sp³-hybridized carbons (Fsp3) is 0.929. The Morgan fingerprint density at radius 1 is 1.17 bits per heavy atom. The summed E-state index contributed by atoms with van der Waals surface area (Å²) in [7, 11) is 0. The van der Waals surface area contributed by atoms with Crippen molar-refractivity contribution >= 4 is 5.91 Å². The Bertz CT molecular complexity index is 248. The number of rotatable bonds is 9. The summed E-state index contributed by atoms with van der Waals surface area (Å²) in [5.74, 6) is 0.221. The molecule has 4 nitrogen and oxygen atoms in total. The largest absolute Gasteiger partial charge is 0.378 e. The molecule has 2 aliphatic rings. The van der Waals surface area contributed by atoms with E-state index < -0.39 is 0 Å². The Kier molecular flexibility index (Phi) is 5.94. The second-order valence-corrected chi connectivity index (χ2v) is 5.47. The minimum Gasteiger partial charge on any atom is -0.378 e. The maximum atomic E-state index is 11.4. The van der Waals surface area contributed by atoms with Crippen molar-refractivity contribution in [1.82, 2.24) is 10.6 Å². The molecule has 0 spiro atoms. The summed E-state index contributed by atoms with van der Waals surface area (Å²) in [6.45, 7) is 2.95. The summed E-state index contributed by atoms with van der Waals surface area (Å²) in [6, 6.07) is 0.497.